The minimum atomic E-state index is -0.379. The van der Waals surface area contributed by atoms with Gasteiger partial charge in [-0.05, 0) is 51.2 Å². The summed E-state index contributed by atoms with van der Waals surface area (Å²) >= 11 is 1.59. The summed E-state index contributed by atoms with van der Waals surface area (Å²) in [6.07, 6.45) is 5.82. The van der Waals surface area contributed by atoms with Gasteiger partial charge in [-0.3, -0.25) is 9.59 Å². The van der Waals surface area contributed by atoms with Crippen molar-refractivity contribution in [3.8, 4) is 0 Å². The van der Waals surface area contributed by atoms with Crippen LogP contribution in [0.1, 0.15) is 53.2 Å². The van der Waals surface area contributed by atoms with E-state index in [1.165, 1.54) is 36.8 Å². The molecule has 1 aliphatic rings. The Hall–Kier alpha value is -1.36. The number of hydrogen-bond acceptors (Lipinski definition) is 4. The lowest BCUT2D eigenvalue weighted by atomic mass is 10.1. The monoisotopic (exact) mass is 309 g/mol. The van der Waals surface area contributed by atoms with E-state index in [0.717, 1.165) is 17.7 Å². The second-order valence-electron chi connectivity index (χ2n) is 5.72. The summed E-state index contributed by atoms with van der Waals surface area (Å²) in [7, 11) is 1.35. The molecule has 0 unspecified atom stereocenters. The molecule has 1 amide bonds. The van der Waals surface area contributed by atoms with Gasteiger partial charge < -0.3 is 9.64 Å². The van der Waals surface area contributed by atoms with E-state index in [2.05, 4.69) is 4.74 Å². The Bertz CT molecular complexity index is 498. The Labute approximate surface area is 130 Å². The summed E-state index contributed by atoms with van der Waals surface area (Å²) in [5.41, 5.74) is 1.32. The summed E-state index contributed by atoms with van der Waals surface area (Å²) < 4.78 is 4.69. The van der Waals surface area contributed by atoms with Crippen molar-refractivity contribution in [1.82, 2.24) is 4.90 Å². The molecular formula is C16H23NO3S. The van der Waals surface area contributed by atoms with Gasteiger partial charge in [-0.15, -0.1) is 11.3 Å². The number of ether oxygens (including phenoxy) is 1. The molecule has 21 heavy (non-hydrogen) atoms. The average molecular weight is 309 g/mol. The molecule has 1 aromatic rings. The summed E-state index contributed by atoms with van der Waals surface area (Å²) in [6, 6.07) is 2.00. The Morgan fingerprint density at radius 2 is 2.00 bits per heavy atom. The largest absolute Gasteiger partial charge is 0.468 e. The standard InChI is InChI=1S/C16H23NO3S/c1-11(2)17(10-15(18)20-3)16(19)14-9-12-7-5-4-6-8-13(12)21-14/h9,11H,4-8,10H2,1-3H3. The normalized spacial score (nSPS) is 14.5. The van der Waals surface area contributed by atoms with Crippen LogP contribution in [-0.2, 0) is 22.4 Å². The number of hydrogen-bond donors (Lipinski definition) is 0. The molecule has 4 nitrogen and oxygen atoms in total. The highest BCUT2D eigenvalue weighted by Gasteiger charge is 2.25. The fourth-order valence-corrected chi connectivity index (χ4v) is 3.82. The summed E-state index contributed by atoms with van der Waals surface area (Å²) in [5.74, 6) is -0.441. The van der Waals surface area contributed by atoms with Crippen molar-refractivity contribution in [2.75, 3.05) is 13.7 Å². The van der Waals surface area contributed by atoms with Gasteiger partial charge in [0, 0.05) is 10.9 Å². The van der Waals surface area contributed by atoms with Crippen LogP contribution in [-0.4, -0.2) is 36.5 Å². The third kappa shape index (κ3) is 3.84. The maximum absolute atomic E-state index is 12.7. The zero-order valence-corrected chi connectivity index (χ0v) is 13.8. The molecular weight excluding hydrogens is 286 g/mol. The molecule has 0 N–H and O–H groups in total. The number of carbonyl (C=O) groups is 2. The topological polar surface area (TPSA) is 46.6 Å². The summed E-state index contributed by atoms with van der Waals surface area (Å²) in [4.78, 5) is 27.8. The fourth-order valence-electron chi connectivity index (χ4n) is 2.61. The lowest BCUT2D eigenvalue weighted by Gasteiger charge is -2.24. The minimum Gasteiger partial charge on any atom is -0.468 e. The molecule has 0 aliphatic heterocycles. The van der Waals surface area contributed by atoms with E-state index in [1.54, 1.807) is 16.2 Å². The van der Waals surface area contributed by atoms with Gasteiger partial charge in [-0.2, -0.15) is 0 Å². The molecule has 0 bridgehead atoms. The van der Waals surface area contributed by atoms with Crippen LogP contribution in [0.5, 0.6) is 0 Å². The highest BCUT2D eigenvalue weighted by atomic mass is 32.1. The van der Waals surface area contributed by atoms with Crippen LogP contribution in [0.3, 0.4) is 0 Å². The van der Waals surface area contributed by atoms with Gasteiger partial charge in [0.25, 0.3) is 5.91 Å². The molecule has 1 aromatic heterocycles. The smallest absolute Gasteiger partial charge is 0.325 e. The zero-order valence-electron chi connectivity index (χ0n) is 13.0. The van der Waals surface area contributed by atoms with Crippen LogP contribution in [0, 0.1) is 0 Å². The van der Waals surface area contributed by atoms with Crippen LogP contribution < -0.4 is 0 Å². The molecule has 5 heteroatoms. The maximum Gasteiger partial charge on any atom is 0.325 e. The van der Waals surface area contributed by atoms with Crippen molar-refractivity contribution in [3.63, 3.8) is 0 Å². The van der Waals surface area contributed by atoms with Gasteiger partial charge in [0.2, 0.25) is 0 Å². The Morgan fingerprint density at radius 3 is 2.67 bits per heavy atom. The number of amides is 1. The lowest BCUT2D eigenvalue weighted by molar-refractivity contribution is -0.141. The highest BCUT2D eigenvalue weighted by Crippen LogP contribution is 2.30. The number of methoxy groups -OCH3 is 1. The quantitative estimate of drug-likeness (QED) is 0.634. The molecule has 116 valence electrons. The van der Waals surface area contributed by atoms with Crippen molar-refractivity contribution in [3.05, 3.63) is 21.4 Å². The number of thiophene rings is 1. The van der Waals surface area contributed by atoms with Crippen molar-refractivity contribution < 1.29 is 14.3 Å². The van der Waals surface area contributed by atoms with Gasteiger partial charge >= 0.3 is 5.97 Å². The first-order valence-corrected chi connectivity index (χ1v) is 8.34. The van der Waals surface area contributed by atoms with E-state index in [1.807, 2.05) is 19.9 Å². The second kappa shape index (κ2) is 7.07. The van der Waals surface area contributed by atoms with Crippen LogP contribution >= 0.6 is 11.3 Å². The van der Waals surface area contributed by atoms with E-state index in [4.69, 9.17) is 0 Å². The molecule has 0 saturated heterocycles. The predicted octanol–water partition coefficient (Wildman–Crippen LogP) is 3.04. The van der Waals surface area contributed by atoms with Gasteiger partial charge in [0.05, 0.1) is 12.0 Å². The SMILES string of the molecule is COC(=O)CN(C(=O)c1cc2c(s1)CCCCC2)C(C)C. The molecule has 1 aliphatic carbocycles. The molecule has 0 aromatic carbocycles. The first-order chi connectivity index (χ1) is 10.0. The van der Waals surface area contributed by atoms with Gasteiger partial charge in [-0.1, -0.05) is 6.42 Å². The van der Waals surface area contributed by atoms with Gasteiger partial charge in [0.1, 0.15) is 6.54 Å². The molecule has 0 radical (unpaired) electrons. The van der Waals surface area contributed by atoms with E-state index in [9.17, 15) is 9.59 Å². The summed E-state index contributed by atoms with van der Waals surface area (Å²) in [5, 5.41) is 0. The van der Waals surface area contributed by atoms with Crippen molar-refractivity contribution >= 4 is 23.2 Å². The van der Waals surface area contributed by atoms with Crippen LogP contribution in [0.15, 0.2) is 6.07 Å². The number of rotatable bonds is 4. The molecule has 0 spiro atoms. The van der Waals surface area contributed by atoms with Crippen LogP contribution in [0.2, 0.25) is 0 Å². The van der Waals surface area contributed by atoms with Crippen molar-refractivity contribution in [2.24, 2.45) is 0 Å². The Balaban J connectivity index is 2.18. The average Bonchev–Trinajstić information content (AvgIpc) is 2.74. The van der Waals surface area contributed by atoms with Crippen LogP contribution in [0.4, 0.5) is 0 Å². The Morgan fingerprint density at radius 1 is 1.29 bits per heavy atom. The fraction of sp³-hybridized carbons (Fsp3) is 0.625. The lowest BCUT2D eigenvalue weighted by Crippen LogP contribution is -2.40. The third-order valence-corrected chi connectivity index (χ3v) is 5.09. The summed E-state index contributed by atoms with van der Waals surface area (Å²) in [6.45, 7) is 3.84. The predicted molar refractivity (Wildman–Crippen MR) is 83.8 cm³/mol. The van der Waals surface area contributed by atoms with E-state index >= 15 is 0 Å². The maximum atomic E-state index is 12.7. The van der Waals surface area contributed by atoms with Gasteiger partial charge in [0.15, 0.2) is 0 Å². The molecule has 0 saturated carbocycles. The first kappa shape index (κ1) is 16.0. The molecule has 0 atom stereocenters. The molecule has 2 rings (SSSR count). The van der Waals surface area contributed by atoms with Crippen LogP contribution in [0.25, 0.3) is 0 Å². The van der Waals surface area contributed by atoms with Crippen molar-refractivity contribution in [2.45, 2.75) is 52.0 Å². The Kier molecular flexibility index (Phi) is 5.39. The molecule has 0 fully saturated rings. The number of carbonyl (C=O) groups excluding carboxylic acids is 2. The minimum absolute atomic E-state index is 0.00949. The zero-order chi connectivity index (χ0) is 15.4. The number of fused-ring (bicyclic) bond motifs is 1. The number of aryl methyl sites for hydroxylation is 2. The molecule has 1 heterocycles. The van der Waals surface area contributed by atoms with E-state index < -0.39 is 0 Å². The van der Waals surface area contributed by atoms with E-state index in [0.29, 0.717) is 0 Å². The second-order valence-corrected chi connectivity index (χ2v) is 6.86. The number of nitrogens with zero attached hydrogens (tertiary/aromatic N) is 1. The highest BCUT2D eigenvalue weighted by molar-refractivity contribution is 7.14. The van der Waals surface area contributed by atoms with Gasteiger partial charge in [-0.25, -0.2) is 0 Å². The third-order valence-electron chi connectivity index (χ3n) is 3.87. The number of esters is 1. The van der Waals surface area contributed by atoms with Crippen molar-refractivity contribution in [1.29, 1.82) is 0 Å². The first-order valence-electron chi connectivity index (χ1n) is 7.52. The van der Waals surface area contributed by atoms with E-state index in [-0.39, 0.29) is 24.5 Å².